The zero-order valence-electron chi connectivity index (χ0n) is 18.0. The summed E-state index contributed by atoms with van der Waals surface area (Å²) in [6, 6.07) is 20.8. The number of nitrogens with one attached hydrogen (secondary N) is 2. The monoisotopic (exact) mass is 441 g/mol. The van der Waals surface area contributed by atoms with E-state index in [1.165, 1.54) is 12.1 Å². The molecule has 0 saturated carbocycles. The summed E-state index contributed by atoms with van der Waals surface area (Å²) < 4.78 is 0. The minimum atomic E-state index is -1.01. The Morgan fingerprint density at radius 2 is 1.64 bits per heavy atom. The molecule has 3 aromatic carbocycles. The van der Waals surface area contributed by atoms with Gasteiger partial charge in [-0.1, -0.05) is 43.3 Å². The van der Waals surface area contributed by atoms with Crippen LogP contribution in [0, 0.1) is 0 Å². The Morgan fingerprint density at radius 3 is 2.30 bits per heavy atom. The highest BCUT2D eigenvalue weighted by Crippen LogP contribution is 2.32. The SMILES string of the molecule is CCCNC(=O)c1ccc2c(C(=Nc3ccc(C(=O)O)cc3)c3ccccc3)c(O)[nH]c2c1. The van der Waals surface area contributed by atoms with Crippen molar-refractivity contribution in [1.29, 1.82) is 0 Å². The summed E-state index contributed by atoms with van der Waals surface area (Å²) in [5.41, 5.74) is 3.61. The van der Waals surface area contributed by atoms with Crippen LogP contribution in [0.25, 0.3) is 10.9 Å². The second-order valence-electron chi connectivity index (χ2n) is 7.54. The molecule has 0 aliphatic carbocycles. The van der Waals surface area contributed by atoms with Crippen LogP contribution in [0.1, 0.15) is 45.2 Å². The molecule has 4 aromatic rings. The maximum Gasteiger partial charge on any atom is 0.335 e. The Morgan fingerprint density at radius 1 is 0.939 bits per heavy atom. The number of benzene rings is 3. The van der Waals surface area contributed by atoms with Gasteiger partial charge in [0.15, 0.2) is 5.88 Å². The van der Waals surface area contributed by atoms with Crippen molar-refractivity contribution in [2.45, 2.75) is 13.3 Å². The van der Waals surface area contributed by atoms with Gasteiger partial charge in [-0.3, -0.25) is 4.79 Å². The van der Waals surface area contributed by atoms with Crippen LogP contribution in [0.4, 0.5) is 5.69 Å². The van der Waals surface area contributed by atoms with Gasteiger partial charge < -0.3 is 20.5 Å². The van der Waals surface area contributed by atoms with Crippen LogP contribution in [0.5, 0.6) is 5.88 Å². The molecule has 7 nitrogen and oxygen atoms in total. The number of aliphatic imine (C=N–C) groups is 1. The molecule has 0 aliphatic rings. The number of fused-ring (bicyclic) bond motifs is 1. The number of aromatic nitrogens is 1. The maximum atomic E-state index is 12.4. The Hall–Kier alpha value is -4.39. The molecule has 1 aromatic heterocycles. The molecular formula is C26H23N3O4. The maximum absolute atomic E-state index is 12.4. The van der Waals surface area contributed by atoms with Crippen LogP contribution >= 0.6 is 0 Å². The highest BCUT2D eigenvalue weighted by atomic mass is 16.4. The van der Waals surface area contributed by atoms with Gasteiger partial charge in [0.2, 0.25) is 0 Å². The van der Waals surface area contributed by atoms with E-state index in [0.717, 1.165) is 12.0 Å². The molecular weight excluding hydrogens is 418 g/mol. The Labute approximate surface area is 190 Å². The second kappa shape index (κ2) is 9.40. The first-order valence-corrected chi connectivity index (χ1v) is 10.6. The molecule has 0 radical (unpaired) electrons. The fourth-order valence-electron chi connectivity index (χ4n) is 3.57. The minimum Gasteiger partial charge on any atom is -0.494 e. The van der Waals surface area contributed by atoms with Gasteiger partial charge in [0.25, 0.3) is 5.91 Å². The van der Waals surface area contributed by atoms with E-state index in [9.17, 15) is 14.7 Å². The molecule has 4 N–H and O–H groups in total. The first-order chi connectivity index (χ1) is 16.0. The van der Waals surface area contributed by atoms with Crippen LogP contribution in [0.3, 0.4) is 0 Å². The molecule has 0 saturated heterocycles. The fraction of sp³-hybridized carbons (Fsp3) is 0.115. The van der Waals surface area contributed by atoms with Crippen molar-refractivity contribution in [2.75, 3.05) is 6.54 Å². The lowest BCUT2D eigenvalue weighted by molar-refractivity contribution is 0.0696. The molecule has 0 bridgehead atoms. The van der Waals surface area contributed by atoms with Gasteiger partial charge in [0.05, 0.1) is 22.5 Å². The minimum absolute atomic E-state index is 0.0686. The van der Waals surface area contributed by atoms with Crippen molar-refractivity contribution < 1.29 is 19.8 Å². The van der Waals surface area contributed by atoms with E-state index in [1.807, 2.05) is 37.3 Å². The zero-order valence-corrected chi connectivity index (χ0v) is 18.0. The normalized spacial score (nSPS) is 11.5. The van der Waals surface area contributed by atoms with Crippen molar-refractivity contribution in [2.24, 2.45) is 4.99 Å². The number of aromatic amines is 1. The van der Waals surface area contributed by atoms with E-state index in [-0.39, 0.29) is 17.4 Å². The summed E-state index contributed by atoms with van der Waals surface area (Å²) >= 11 is 0. The van der Waals surface area contributed by atoms with Crippen molar-refractivity contribution in [1.82, 2.24) is 10.3 Å². The van der Waals surface area contributed by atoms with E-state index < -0.39 is 5.97 Å². The molecule has 7 heteroatoms. The number of carboxylic acids is 1. The van der Waals surface area contributed by atoms with Crippen LogP contribution in [-0.4, -0.2) is 39.3 Å². The summed E-state index contributed by atoms with van der Waals surface area (Å²) in [6.07, 6.45) is 0.839. The number of carbonyl (C=O) groups is 2. The lowest BCUT2D eigenvalue weighted by atomic mass is 10.00. The summed E-state index contributed by atoms with van der Waals surface area (Å²) in [5.74, 6) is -1.26. The molecule has 166 valence electrons. The van der Waals surface area contributed by atoms with Crippen LogP contribution in [-0.2, 0) is 0 Å². The second-order valence-corrected chi connectivity index (χ2v) is 7.54. The average Bonchev–Trinajstić information content (AvgIpc) is 3.16. The van der Waals surface area contributed by atoms with Gasteiger partial charge >= 0.3 is 5.97 Å². The third kappa shape index (κ3) is 4.62. The number of nitrogens with zero attached hydrogens (tertiary/aromatic N) is 1. The number of aromatic hydroxyl groups is 1. The topological polar surface area (TPSA) is 115 Å². The van der Waals surface area contributed by atoms with E-state index in [1.54, 1.807) is 30.3 Å². The molecule has 4 rings (SSSR count). The van der Waals surface area contributed by atoms with Crippen molar-refractivity contribution >= 4 is 34.2 Å². The molecule has 1 amide bonds. The molecule has 0 unspecified atom stereocenters. The van der Waals surface area contributed by atoms with Gasteiger partial charge in [-0.25, -0.2) is 9.79 Å². The number of H-pyrrole nitrogens is 1. The average molecular weight is 441 g/mol. The molecule has 0 fully saturated rings. The molecule has 0 aliphatic heterocycles. The largest absolute Gasteiger partial charge is 0.494 e. The van der Waals surface area contributed by atoms with Crippen molar-refractivity contribution in [3.8, 4) is 5.88 Å². The summed E-state index contributed by atoms with van der Waals surface area (Å²) in [6.45, 7) is 2.57. The standard InChI is InChI=1S/C26H23N3O4/c1-2-14-27-24(30)18-10-13-20-21(15-18)29-25(31)22(20)23(16-6-4-3-5-7-16)28-19-11-8-17(9-12-19)26(32)33/h3-13,15,29,31H,2,14H2,1H3,(H,27,30)(H,32,33). The van der Waals surface area contributed by atoms with Gasteiger partial charge in [-0.05, 0) is 42.8 Å². The number of carbonyl (C=O) groups excluding carboxylic acids is 1. The highest BCUT2D eigenvalue weighted by Gasteiger charge is 2.20. The van der Waals surface area contributed by atoms with E-state index >= 15 is 0 Å². The van der Waals surface area contributed by atoms with Crippen LogP contribution in [0.2, 0.25) is 0 Å². The molecule has 1 heterocycles. The Bertz CT molecular complexity index is 1340. The number of aromatic carboxylic acids is 1. The lowest BCUT2D eigenvalue weighted by Gasteiger charge is -2.08. The first-order valence-electron chi connectivity index (χ1n) is 10.6. The third-order valence-electron chi connectivity index (χ3n) is 5.22. The molecule has 0 atom stereocenters. The lowest BCUT2D eigenvalue weighted by Crippen LogP contribution is -2.23. The van der Waals surface area contributed by atoms with Gasteiger partial charge in [0.1, 0.15) is 0 Å². The first kappa shape index (κ1) is 21.8. The van der Waals surface area contributed by atoms with Gasteiger partial charge in [0, 0.05) is 28.6 Å². The number of rotatable bonds is 7. The predicted octanol–water partition coefficient (Wildman–Crippen LogP) is 4.88. The van der Waals surface area contributed by atoms with Crippen LogP contribution < -0.4 is 5.32 Å². The van der Waals surface area contributed by atoms with E-state index in [4.69, 9.17) is 10.1 Å². The van der Waals surface area contributed by atoms with E-state index in [0.29, 0.717) is 40.0 Å². The van der Waals surface area contributed by atoms with Crippen molar-refractivity contribution in [3.05, 3.63) is 95.1 Å². The van der Waals surface area contributed by atoms with Gasteiger partial charge in [-0.2, -0.15) is 0 Å². The van der Waals surface area contributed by atoms with Crippen LogP contribution in [0.15, 0.2) is 77.8 Å². The summed E-state index contributed by atoms with van der Waals surface area (Å²) in [4.78, 5) is 31.2. The van der Waals surface area contributed by atoms with Gasteiger partial charge in [-0.15, -0.1) is 0 Å². The Kier molecular flexibility index (Phi) is 6.22. The highest BCUT2D eigenvalue weighted by molar-refractivity contribution is 6.22. The predicted molar refractivity (Wildman–Crippen MR) is 128 cm³/mol. The van der Waals surface area contributed by atoms with Crippen molar-refractivity contribution in [3.63, 3.8) is 0 Å². The number of carboxylic acid groups (broad SMARTS) is 1. The quantitative estimate of drug-likeness (QED) is 0.306. The number of hydrogen-bond acceptors (Lipinski definition) is 4. The number of hydrogen-bond donors (Lipinski definition) is 4. The zero-order chi connectivity index (χ0) is 23.4. The summed E-state index contributed by atoms with van der Waals surface area (Å²) in [7, 11) is 0. The molecule has 33 heavy (non-hydrogen) atoms. The molecule has 0 spiro atoms. The smallest absolute Gasteiger partial charge is 0.335 e. The third-order valence-corrected chi connectivity index (χ3v) is 5.22. The Balaban J connectivity index is 1.83. The summed E-state index contributed by atoms with van der Waals surface area (Å²) in [5, 5.41) is 23.5. The number of amides is 1. The fourth-order valence-corrected chi connectivity index (χ4v) is 3.57. The van der Waals surface area contributed by atoms with E-state index in [2.05, 4.69) is 10.3 Å².